The van der Waals surface area contributed by atoms with Crippen LogP contribution in [0, 0.1) is 0 Å². The lowest BCUT2D eigenvalue weighted by Crippen LogP contribution is -2.22. The zero-order chi connectivity index (χ0) is 13.1. The SMILES string of the molecule is CC(O)C(O)CCc1cccc(S(C)(=O)=O)c1. The van der Waals surface area contributed by atoms with Crippen molar-refractivity contribution in [2.75, 3.05) is 6.26 Å². The van der Waals surface area contributed by atoms with Crippen LogP contribution in [-0.2, 0) is 16.3 Å². The zero-order valence-corrected chi connectivity index (χ0v) is 10.8. The molecule has 1 rings (SSSR count). The van der Waals surface area contributed by atoms with Gasteiger partial charge in [0, 0.05) is 6.26 Å². The largest absolute Gasteiger partial charge is 0.391 e. The number of hydrogen-bond donors (Lipinski definition) is 2. The topological polar surface area (TPSA) is 74.6 Å². The van der Waals surface area contributed by atoms with Crippen LogP contribution < -0.4 is 0 Å². The molecule has 17 heavy (non-hydrogen) atoms. The lowest BCUT2D eigenvalue weighted by molar-refractivity contribution is 0.0265. The maximum atomic E-state index is 11.3. The first-order chi connectivity index (χ1) is 7.80. The van der Waals surface area contributed by atoms with Gasteiger partial charge < -0.3 is 10.2 Å². The van der Waals surface area contributed by atoms with Crippen LogP contribution in [0.1, 0.15) is 18.9 Å². The summed E-state index contributed by atoms with van der Waals surface area (Å²) in [4.78, 5) is 0.279. The van der Waals surface area contributed by atoms with Crippen molar-refractivity contribution in [1.29, 1.82) is 0 Å². The summed E-state index contributed by atoms with van der Waals surface area (Å²) in [6.07, 6.45) is 0.557. The van der Waals surface area contributed by atoms with Gasteiger partial charge in [-0.25, -0.2) is 8.42 Å². The first-order valence-corrected chi connectivity index (χ1v) is 7.35. The Bertz CT molecular complexity index is 465. The molecule has 1 aromatic rings. The van der Waals surface area contributed by atoms with Crippen LogP contribution in [-0.4, -0.2) is 37.1 Å². The highest BCUT2D eigenvalue weighted by atomic mass is 32.2. The molecule has 0 saturated carbocycles. The first-order valence-electron chi connectivity index (χ1n) is 5.46. The lowest BCUT2D eigenvalue weighted by atomic mass is 10.0. The minimum atomic E-state index is -3.19. The fourth-order valence-corrected chi connectivity index (χ4v) is 2.18. The molecule has 0 aliphatic rings. The van der Waals surface area contributed by atoms with Crippen molar-refractivity contribution in [1.82, 2.24) is 0 Å². The van der Waals surface area contributed by atoms with E-state index in [1.165, 1.54) is 6.92 Å². The zero-order valence-electron chi connectivity index (χ0n) is 10.00. The van der Waals surface area contributed by atoms with E-state index in [1.807, 2.05) is 6.07 Å². The van der Waals surface area contributed by atoms with Gasteiger partial charge in [-0.1, -0.05) is 12.1 Å². The Labute approximate surface area is 102 Å². The maximum absolute atomic E-state index is 11.3. The third-order valence-electron chi connectivity index (χ3n) is 2.61. The van der Waals surface area contributed by atoms with Crippen molar-refractivity contribution in [2.45, 2.75) is 36.9 Å². The highest BCUT2D eigenvalue weighted by molar-refractivity contribution is 7.90. The summed E-state index contributed by atoms with van der Waals surface area (Å²) in [5.74, 6) is 0. The Morgan fingerprint density at radius 3 is 2.47 bits per heavy atom. The highest BCUT2D eigenvalue weighted by Gasteiger charge is 2.12. The average Bonchev–Trinajstić information content (AvgIpc) is 2.25. The van der Waals surface area contributed by atoms with Gasteiger partial charge in [0.2, 0.25) is 0 Å². The third-order valence-corrected chi connectivity index (χ3v) is 3.72. The molecule has 5 heteroatoms. The van der Waals surface area contributed by atoms with Crippen molar-refractivity contribution in [3.05, 3.63) is 29.8 Å². The van der Waals surface area contributed by atoms with E-state index in [0.29, 0.717) is 12.8 Å². The summed E-state index contributed by atoms with van der Waals surface area (Å²) in [6.45, 7) is 1.53. The van der Waals surface area contributed by atoms with Gasteiger partial charge >= 0.3 is 0 Å². The van der Waals surface area contributed by atoms with Crippen LogP contribution in [0.15, 0.2) is 29.2 Å². The molecule has 0 bridgehead atoms. The smallest absolute Gasteiger partial charge is 0.175 e. The van der Waals surface area contributed by atoms with Gasteiger partial charge in [-0.2, -0.15) is 0 Å². The molecule has 0 aromatic heterocycles. The molecule has 4 nitrogen and oxygen atoms in total. The highest BCUT2D eigenvalue weighted by Crippen LogP contribution is 2.14. The molecule has 0 aliphatic carbocycles. The molecule has 0 spiro atoms. The molecule has 2 unspecified atom stereocenters. The summed E-state index contributed by atoms with van der Waals surface area (Å²) < 4.78 is 22.7. The van der Waals surface area contributed by atoms with Gasteiger partial charge in [0.05, 0.1) is 17.1 Å². The van der Waals surface area contributed by atoms with Crippen molar-refractivity contribution < 1.29 is 18.6 Å². The van der Waals surface area contributed by atoms with Crippen LogP contribution in [0.3, 0.4) is 0 Å². The third kappa shape index (κ3) is 4.46. The summed E-state index contributed by atoms with van der Waals surface area (Å²) in [6, 6.07) is 6.64. The van der Waals surface area contributed by atoms with Gasteiger partial charge in [-0.15, -0.1) is 0 Å². The average molecular weight is 258 g/mol. The number of sulfone groups is 1. The molecule has 2 N–H and O–H groups in total. The molecular formula is C12H18O4S. The molecule has 1 aromatic carbocycles. The first kappa shape index (κ1) is 14.2. The van der Waals surface area contributed by atoms with E-state index in [-0.39, 0.29) is 4.90 Å². The van der Waals surface area contributed by atoms with Gasteiger partial charge in [-0.3, -0.25) is 0 Å². The second-order valence-electron chi connectivity index (χ2n) is 4.27. The Morgan fingerprint density at radius 1 is 1.29 bits per heavy atom. The van der Waals surface area contributed by atoms with Gasteiger partial charge in [0.25, 0.3) is 0 Å². The van der Waals surface area contributed by atoms with Crippen LogP contribution in [0.5, 0.6) is 0 Å². The maximum Gasteiger partial charge on any atom is 0.175 e. The van der Waals surface area contributed by atoms with E-state index in [0.717, 1.165) is 11.8 Å². The van der Waals surface area contributed by atoms with Crippen molar-refractivity contribution in [2.24, 2.45) is 0 Å². The van der Waals surface area contributed by atoms with Crippen molar-refractivity contribution in [3.63, 3.8) is 0 Å². The molecule has 0 heterocycles. The Balaban J connectivity index is 2.74. The number of aliphatic hydroxyl groups is 2. The van der Waals surface area contributed by atoms with Gasteiger partial charge in [0.1, 0.15) is 0 Å². The normalized spacial score (nSPS) is 15.5. The second kappa shape index (κ2) is 5.62. The van der Waals surface area contributed by atoms with Crippen LogP contribution in [0.4, 0.5) is 0 Å². The minimum absolute atomic E-state index is 0.279. The molecule has 0 saturated heterocycles. The van der Waals surface area contributed by atoms with Crippen LogP contribution >= 0.6 is 0 Å². The lowest BCUT2D eigenvalue weighted by Gasteiger charge is -2.13. The number of benzene rings is 1. The van der Waals surface area contributed by atoms with E-state index in [9.17, 15) is 13.5 Å². The van der Waals surface area contributed by atoms with E-state index in [1.54, 1.807) is 18.2 Å². The predicted octanol–water partition coefficient (Wildman–Crippen LogP) is 0.764. The number of aryl methyl sites for hydroxylation is 1. The second-order valence-corrected chi connectivity index (χ2v) is 6.28. The quantitative estimate of drug-likeness (QED) is 0.818. The standard InChI is InChI=1S/C12H18O4S/c1-9(13)12(14)7-6-10-4-3-5-11(8-10)17(2,15)16/h3-5,8-9,12-14H,6-7H2,1-2H3. The molecular weight excluding hydrogens is 240 g/mol. The Morgan fingerprint density at radius 2 is 1.94 bits per heavy atom. The fourth-order valence-electron chi connectivity index (χ4n) is 1.49. The molecule has 2 atom stereocenters. The van der Waals surface area contributed by atoms with E-state index in [4.69, 9.17) is 5.11 Å². The summed E-state index contributed by atoms with van der Waals surface area (Å²) in [5.41, 5.74) is 0.840. The molecule has 0 fully saturated rings. The molecule has 0 aliphatic heterocycles. The minimum Gasteiger partial charge on any atom is -0.391 e. The molecule has 0 radical (unpaired) electrons. The summed E-state index contributed by atoms with van der Waals surface area (Å²) >= 11 is 0. The number of rotatable bonds is 5. The van der Waals surface area contributed by atoms with Crippen LogP contribution in [0.2, 0.25) is 0 Å². The van der Waals surface area contributed by atoms with Gasteiger partial charge in [-0.05, 0) is 37.5 Å². The monoisotopic (exact) mass is 258 g/mol. The van der Waals surface area contributed by atoms with E-state index < -0.39 is 22.0 Å². The number of hydrogen-bond acceptors (Lipinski definition) is 4. The predicted molar refractivity (Wildman–Crippen MR) is 65.6 cm³/mol. The van der Waals surface area contributed by atoms with Crippen molar-refractivity contribution >= 4 is 9.84 Å². The number of aliphatic hydroxyl groups excluding tert-OH is 2. The fraction of sp³-hybridized carbons (Fsp3) is 0.500. The Hall–Kier alpha value is -0.910. The van der Waals surface area contributed by atoms with E-state index >= 15 is 0 Å². The van der Waals surface area contributed by atoms with Crippen molar-refractivity contribution in [3.8, 4) is 0 Å². The van der Waals surface area contributed by atoms with Gasteiger partial charge in [0.15, 0.2) is 9.84 Å². The summed E-state index contributed by atoms with van der Waals surface area (Å²) in [7, 11) is -3.19. The molecule has 0 amide bonds. The molecule has 96 valence electrons. The summed E-state index contributed by atoms with van der Waals surface area (Å²) in [5, 5.41) is 18.6. The Kier molecular flexibility index (Phi) is 4.68. The van der Waals surface area contributed by atoms with E-state index in [2.05, 4.69) is 0 Å². The van der Waals surface area contributed by atoms with Crippen LogP contribution in [0.25, 0.3) is 0 Å².